The summed E-state index contributed by atoms with van der Waals surface area (Å²) in [6.07, 6.45) is 4.00. The molecule has 2 unspecified atom stereocenters. The van der Waals surface area contributed by atoms with E-state index < -0.39 is 17.8 Å². The van der Waals surface area contributed by atoms with E-state index in [0.717, 1.165) is 23.2 Å². The van der Waals surface area contributed by atoms with Gasteiger partial charge in [-0.3, -0.25) is 14.5 Å². The Morgan fingerprint density at radius 1 is 1.26 bits per heavy atom. The predicted octanol–water partition coefficient (Wildman–Crippen LogP) is 2.44. The van der Waals surface area contributed by atoms with Crippen molar-refractivity contribution < 1.29 is 23.5 Å². The second-order valence-corrected chi connectivity index (χ2v) is 9.81. The number of likely N-dealkylation sites (tertiary alicyclic amines) is 1. The maximum Gasteiger partial charge on any atom is 0.329 e. The number of rotatable bonds is 8. The van der Waals surface area contributed by atoms with Crippen LogP contribution in [0.2, 0.25) is 0 Å². The van der Waals surface area contributed by atoms with Crippen LogP contribution in [0.1, 0.15) is 43.6 Å². The van der Waals surface area contributed by atoms with Crippen molar-refractivity contribution in [3.63, 3.8) is 0 Å². The standard InChI is InChI=1S/C23H26FN5O4S/c1-14(30)34-19-9-10-28(12-16(19)11-20-25-27-29(26-20)13-21(31)33-2)22(23(32)15-7-8-15)17-5-3-4-6-18(17)24/h3-6,11,15,19,22H,7-10,12-13H2,1-2H3/b16-11-. The molecule has 0 radical (unpaired) electrons. The van der Waals surface area contributed by atoms with Crippen LogP contribution in [0.3, 0.4) is 0 Å². The van der Waals surface area contributed by atoms with Crippen LogP contribution in [0, 0.1) is 11.7 Å². The second-order valence-electron chi connectivity index (χ2n) is 8.43. The maximum absolute atomic E-state index is 14.8. The molecule has 34 heavy (non-hydrogen) atoms. The summed E-state index contributed by atoms with van der Waals surface area (Å²) in [5.41, 5.74) is 1.22. The molecule has 2 aliphatic rings. The van der Waals surface area contributed by atoms with E-state index in [2.05, 4.69) is 20.1 Å². The van der Waals surface area contributed by atoms with Crippen LogP contribution in [0.25, 0.3) is 6.08 Å². The van der Waals surface area contributed by atoms with Gasteiger partial charge < -0.3 is 4.74 Å². The fourth-order valence-corrected chi connectivity index (χ4v) is 5.04. The fourth-order valence-electron chi connectivity index (χ4n) is 4.12. The van der Waals surface area contributed by atoms with E-state index in [0.29, 0.717) is 25.1 Å². The topological polar surface area (TPSA) is 107 Å². The number of Topliss-reactive ketones (excluding diaryl/α,β-unsaturated/α-hetero) is 1. The van der Waals surface area contributed by atoms with Gasteiger partial charge in [-0.25, -0.2) is 9.18 Å². The SMILES string of the molecule is COC(=O)Cn1nnc(/C=C2/CN(C(C(=O)C3CC3)c3ccccc3F)CCC2SC(C)=O)n1. The fraction of sp³-hybridized carbons (Fsp3) is 0.478. The zero-order valence-corrected chi connectivity index (χ0v) is 19.8. The van der Waals surface area contributed by atoms with Gasteiger partial charge in [0.05, 0.1) is 13.2 Å². The Kier molecular flexibility index (Phi) is 7.52. The van der Waals surface area contributed by atoms with Crippen molar-refractivity contribution in [1.82, 2.24) is 25.1 Å². The number of benzene rings is 1. The number of ether oxygens (including phenoxy) is 1. The summed E-state index contributed by atoms with van der Waals surface area (Å²) >= 11 is 1.21. The molecule has 0 N–H and O–H groups in total. The van der Waals surface area contributed by atoms with Crippen molar-refractivity contribution in [3.05, 3.63) is 47.0 Å². The lowest BCUT2D eigenvalue weighted by molar-refractivity contribution is -0.141. The molecule has 9 nitrogen and oxygen atoms in total. The van der Waals surface area contributed by atoms with E-state index in [1.54, 1.807) is 24.3 Å². The molecule has 0 bridgehead atoms. The summed E-state index contributed by atoms with van der Waals surface area (Å²) in [4.78, 5) is 39.7. The molecule has 2 aromatic rings. The number of nitrogens with zero attached hydrogens (tertiary/aromatic N) is 5. The summed E-state index contributed by atoms with van der Waals surface area (Å²) < 4.78 is 19.4. The highest BCUT2D eigenvalue weighted by Gasteiger charge is 2.41. The van der Waals surface area contributed by atoms with Crippen molar-refractivity contribution in [2.45, 2.75) is 44.0 Å². The van der Waals surface area contributed by atoms with E-state index in [1.807, 2.05) is 4.90 Å². The average molecular weight is 488 g/mol. The van der Waals surface area contributed by atoms with Gasteiger partial charge in [0.15, 0.2) is 23.3 Å². The van der Waals surface area contributed by atoms with E-state index in [-0.39, 0.29) is 34.4 Å². The second kappa shape index (κ2) is 10.6. The van der Waals surface area contributed by atoms with Crippen LogP contribution in [0.15, 0.2) is 29.8 Å². The normalized spacial score (nSPS) is 20.8. The van der Waals surface area contributed by atoms with Crippen LogP contribution in [-0.4, -0.2) is 67.4 Å². The van der Waals surface area contributed by atoms with Crippen LogP contribution in [0.4, 0.5) is 4.39 Å². The number of ketones is 1. The summed E-state index contributed by atoms with van der Waals surface area (Å²) in [6.45, 7) is 2.24. The minimum atomic E-state index is -0.691. The third kappa shape index (κ3) is 5.76. The third-order valence-electron chi connectivity index (χ3n) is 5.88. The molecule has 1 aliphatic heterocycles. The molecule has 2 heterocycles. The first-order valence-corrected chi connectivity index (χ1v) is 12.0. The molecule has 2 fully saturated rings. The lowest BCUT2D eigenvalue weighted by Crippen LogP contribution is -2.43. The molecular formula is C23H26FN5O4S. The van der Waals surface area contributed by atoms with E-state index in [9.17, 15) is 18.8 Å². The summed E-state index contributed by atoms with van der Waals surface area (Å²) in [7, 11) is 1.28. The Balaban J connectivity index is 1.63. The Morgan fingerprint density at radius 2 is 2.03 bits per heavy atom. The molecule has 11 heteroatoms. The van der Waals surface area contributed by atoms with Gasteiger partial charge in [0.25, 0.3) is 0 Å². The van der Waals surface area contributed by atoms with Gasteiger partial charge in [0.1, 0.15) is 5.82 Å². The highest BCUT2D eigenvalue weighted by Crippen LogP contribution is 2.40. The Morgan fingerprint density at radius 3 is 2.71 bits per heavy atom. The van der Waals surface area contributed by atoms with Gasteiger partial charge in [0, 0.05) is 36.7 Å². The van der Waals surface area contributed by atoms with Crippen molar-refractivity contribution in [1.29, 1.82) is 0 Å². The van der Waals surface area contributed by atoms with Crippen LogP contribution in [0.5, 0.6) is 0 Å². The number of hydrogen-bond acceptors (Lipinski definition) is 9. The number of halogens is 1. The molecule has 1 saturated heterocycles. The van der Waals surface area contributed by atoms with Crippen LogP contribution < -0.4 is 0 Å². The Hall–Kier alpha value is -2.92. The molecule has 180 valence electrons. The first-order chi connectivity index (χ1) is 16.4. The van der Waals surface area contributed by atoms with Gasteiger partial charge in [-0.15, -0.1) is 10.2 Å². The number of hydrogen-bond donors (Lipinski definition) is 0. The molecule has 2 atom stereocenters. The first-order valence-electron chi connectivity index (χ1n) is 11.1. The molecule has 4 rings (SSSR count). The summed E-state index contributed by atoms with van der Waals surface area (Å²) in [5.74, 6) is -0.632. The molecule has 1 saturated carbocycles. The van der Waals surface area contributed by atoms with Crippen LogP contribution in [-0.2, 0) is 25.7 Å². The number of piperidine rings is 1. The average Bonchev–Trinajstić information content (AvgIpc) is 3.57. The quantitative estimate of drug-likeness (QED) is 0.519. The number of esters is 1. The van der Waals surface area contributed by atoms with Gasteiger partial charge in [0.2, 0.25) is 0 Å². The monoisotopic (exact) mass is 487 g/mol. The Bertz CT molecular complexity index is 1120. The third-order valence-corrected chi connectivity index (χ3v) is 7.04. The number of tetrazole rings is 1. The molecule has 1 aromatic carbocycles. The molecule has 0 amide bonds. The van der Waals surface area contributed by atoms with Gasteiger partial charge in [-0.2, -0.15) is 4.80 Å². The van der Waals surface area contributed by atoms with Crippen molar-refractivity contribution in [2.75, 3.05) is 20.2 Å². The smallest absolute Gasteiger partial charge is 0.329 e. The van der Waals surface area contributed by atoms with Crippen molar-refractivity contribution in [3.8, 4) is 0 Å². The van der Waals surface area contributed by atoms with Crippen molar-refractivity contribution >= 4 is 34.7 Å². The maximum atomic E-state index is 14.8. The number of carbonyl (C=O) groups excluding carboxylic acids is 3. The van der Waals surface area contributed by atoms with Crippen LogP contribution >= 0.6 is 11.8 Å². The predicted molar refractivity (Wildman–Crippen MR) is 123 cm³/mol. The Labute approximate surface area is 200 Å². The van der Waals surface area contributed by atoms with E-state index in [1.165, 1.54) is 31.9 Å². The number of methoxy groups -OCH3 is 1. The van der Waals surface area contributed by atoms with Crippen molar-refractivity contribution in [2.24, 2.45) is 5.92 Å². The number of carbonyl (C=O) groups is 3. The first kappa shape index (κ1) is 24.2. The highest BCUT2D eigenvalue weighted by atomic mass is 32.2. The molecule has 0 spiro atoms. The largest absolute Gasteiger partial charge is 0.468 e. The summed E-state index contributed by atoms with van der Waals surface area (Å²) in [6, 6.07) is 5.70. The zero-order valence-electron chi connectivity index (χ0n) is 19.0. The molecular weight excluding hydrogens is 461 g/mol. The molecule has 1 aliphatic carbocycles. The summed E-state index contributed by atoms with van der Waals surface area (Å²) in [5, 5.41) is 11.9. The lowest BCUT2D eigenvalue weighted by Gasteiger charge is -2.38. The van der Waals surface area contributed by atoms with Gasteiger partial charge in [-0.1, -0.05) is 30.0 Å². The lowest BCUT2D eigenvalue weighted by atomic mass is 9.93. The zero-order chi connectivity index (χ0) is 24.2. The minimum absolute atomic E-state index is 0.0219. The minimum Gasteiger partial charge on any atom is -0.468 e. The van der Waals surface area contributed by atoms with E-state index >= 15 is 0 Å². The van der Waals surface area contributed by atoms with E-state index in [4.69, 9.17) is 0 Å². The van der Waals surface area contributed by atoms with Gasteiger partial charge in [-0.05, 0) is 42.2 Å². The number of thioether (sulfide) groups is 1. The van der Waals surface area contributed by atoms with Gasteiger partial charge >= 0.3 is 5.97 Å². The number of aromatic nitrogens is 4. The molecule has 1 aromatic heterocycles. The highest BCUT2D eigenvalue weighted by molar-refractivity contribution is 8.14.